The van der Waals surface area contributed by atoms with E-state index in [9.17, 15) is 18.4 Å². The van der Waals surface area contributed by atoms with Crippen molar-refractivity contribution in [3.63, 3.8) is 0 Å². The average Bonchev–Trinajstić information content (AvgIpc) is 3.32. The molecule has 0 bridgehead atoms. The number of ketones is 1. The van der Waals surface area contributed by atoms with Crippen LogP contribution in [0.2, 0.25) is 0 Å². The SMILES string of the molecule is O=C(Cc1c(F)cccc1F)Nc1cccc(C(=O)c2ccc3c(/C=C/c4ccccc4)n[nH]c3c2)c1. The number of amides is 1. The molecule has 1 aromatic heterocycles. The Balaban J connectivity index is 1.32. The maximum absolute atomic E-state index is 13.9. The molecule has 0 saturated heterocycles. The quantitative estimate of drug-likeness (QED) is 0.257. The molecule has 1 heterocycles. The molecule has 0 unspecified atom stereocenters. The normalized spacial score (nSPS) is 11.2. The van der Waals surface area contributed by atoms with Crippen LogP contribution in [0.15, 0.2) is 91.0 Å². The number of nitrogens with one attached hydrogen (secondary N) is 2. The van der Waals surface area contributed by atoms with Gasteiger partial charge < -0.3 is 5.32 Å². The summed E-state index contributed by atoms with van der Waals surface area (Å²) in [5.41, 5.74) is 3.38. The molecule has 0 atom stereocenters. The minimum absolute atomic E-state index is 0.242. The van der Waals surface area contributed by atoms with Gasteiger partial charge in [-0.3, -0.25) is 14.7 Å². The highest BCUT2D eigenvalue weighted by Crippen LogP contribution is 2.22. The number of hydrogen-bond donors (Lipinski definition) is 2. The molecule has 37 heavy (non-hydrogen) atoms. The number of hydrogen-bond acceptors (Lipinski definition) is 3. The zero-order valence-electron chi connectivity index (χ0n) is 19.5. The Kier molecular flexibility index (Phi) is 6.68. The maximum Gasteiger partial charge on any atom is 0.229 e. The predicted molar refractivity (Wildman–Crippen MR) is 140 cm³/mol. The van der Waals surface area contributed by atoms with Crippen molar-refractivity contribution in [1.82, 2.24) is 10.2 Å². The van der Waals surface area contributed by atoms with E-state index < -0.39 is 24.0 Å². The number of carbonyl (C=O) groups excluding carboxylic acids is 2. The van der Waals surface area contributed by atoms with Gasteiger partial charge in [-0.05, 0) is 48.0 Å². The number of benzene rings is 4. The third-order valence-electron chi connectivity index (χ3n) is 5.90. The zero-order chi connectivity index (χ0) is 25.8. The summed E-state index contributed by atoms with van der Waals surface area (Å²) in [7, 11) is 0. The first-order valence-corrected chi connectivity index (χ1v) is 11.6. The zero-order valence-corrected chi connectivity index (χ0v) is 19.5. The second-order valence-corrected chi connectivity index (χ2v) is 8.45. The maximum atomic E-state index is 13.9. The Bertz CT molecular complexity index is 1620. The molecule has 0 aliphatic carbocycles. The van der Waals surface area contributed by atoms with Crippen LogP contribution in [0, 0.1) is 11.6 Å². The predicted octanol–water partition coefficient (Wildman–Crippen LogP) is 6.42. The number of rotatable bonds is 7. The van der Waals surface area contributed by atoms with Crippen LogP contribution in [0.3, 0.4) is 0 Å². The second kappa shape index (κ2) is 10.4. The summed E-state index contributed by atoms with van der Waals surface area (Å²) in [5, 5.41) is 10.8. The molecule has 5 nitrogen and oxygen atoms in total. The number of carbonyl (C=O) groups is 2. The van der Waals surface area contributed by atoms with Crippen LogP contribution in [0.1, 0.15) is 32.7 Å². The number of fused-ring (bicyclic) bond motifs is 1. The van der Waals surface area contributed by atoms with Gasteiger partial charge in [-0.2, -0.15) is 5.10 Å². The van der Waals surface area contributed by atoms with Gasteiger partial charge in [0.15, 0.2) is 5.78 Å². The molecule has 0 spiro atoms. The van der Waals surface area contributed by atoms with Crippen LogP contribution in [0.25, 0.3) is 23.1 Å². The summed E-state index contributed by atoms with van der Waals surface area (Å²) in [6, 6.07) is 25.0. The van der Waals surface area contributed by atoms with E-state index in [4.69, 9.17) is 0 Å². The number of nitrogens with zero attached hydrogens (tertiary/aromatic N) is 1. The van der Waals surface area contributed by atoms with Gasteiger partial charge in [0.25, 0.3) is 0 Å². The van der Waals surface area contributed by atoms with Crippen molar-refractivity contribution in [2.75, 3.05) is 5.32 Å². The standard InChI is InChI=1S/C30H21F2N3O2/c31-25-10-5-11-26(32)24(25)18-29(36)33-22-9-4-8-20(16-22)30(37)21-13-14-23-27(34-35-28(23)17-21)15-12-19-6-2-1-3-7-19/h1-17H,18H2,(H,33,36)(H,34,35)/b15-12+. The van der Waals surface area contributed by atoms with Crippen LogP contribution >= 0.6 is 0 Å². The highest BCUT2D eigenvalue weighted by Gasteiger charge is 2.15. The lowest BCUT2D eigenvalue weighted by Gasteiger charge is -2.09. The molecular weight excluding hydrogens is 472 g/mol. The van der Waals surface area contributed by atoms with E-state index in [0.29, 0.717) is 16.8 Å². The van der Waals surface area contributed by atoms with Gasteiger partial charge >= 0.3 is 0 Å². The first-order chi connectivity index (χ1) is 18.0. The highest BCUT2D eigenvalue weighted by molar-refractivity contribution is 6.11. The summed E-state index contributed by atoms with van der Waals surface area (Å²) < 4.78 is 27.7. The first kappa shape index (κ1) is 23.8. The third kappa shape index (κ3) is 5.36. The second-order valence-electron chi connectivity index (χ2n) is 8.45. The van der Waals surface area contributed by atoms with Gasteiger partial charge in [0.05, 0.1) is 17.6 Å². The number of aromatic nitrogens is 2. The minimum atomic E-state index is -0.785. The van der Waals surface area contributed by atoms with Crippen molar-refractivity contribution in [3.8, 4) is 0 Å². The lowest BCUT2D eigenvalue weighted by molar-refractivity contribution is -0.115. The van der Waals surface area contributed by atoms with Crippen molar-refractivity contribution in [2.24, 2.45) is 0 Å². The number of anilines is 1. The fourth-order valence-corrected chi connectivity index (χ4v) is 4.02. The van der Waals surface area contributed by atoms with Crippen molar-refractivity contribution in [2.45, 2.75) is 6.42 Å². The molecule has 5 rings (SSSR count). The Hall–Kier alpha value is -4.91. The summed E-state index contributed by atoms with van der Waals surface area (Å²) in [6.45, 7) is 0. The smallest absolute Gasteiger partial charge is 0.229 e. The van der Waals surface area contributed by atoms with Gasteiger partial charge in [0.2, 0.25) is 5.91 Å². The number of halogens is 2. The molecule has 0 saturated carbocycles. The van der Waals surface area contributed by atoms with Crippen LogP contribution in [-0.2, 0) is 11.2 Å². The third-order valence-corrected chi connectivity index (χ3v) is 5.90. The van der Waals surface area contributed by atoms with Gasteiger partial charge in [0.1, 0.15) is 11.6 Å². The van der Waals surface area contributed by atoms with Crippen LogP contribution in [0.4, 0.5) is 14.5 Å². The van der Waals surface area contributed by atoms with Gasteiger partial charge in [-0.15, -0.1) is 0 Å². The molecule has 182 valence electrons. The van der Waals surface area contributed by atoms with E-state index in [-0.39, 0.29) is 11.3 Å². The van der Waals surface area contributed by atoms with Crippen molar-refractivity contribution < 1.29 is 18.4 Å². The molecule has 5 aromatic rings. The minimum Gasteiger partial charge on any atom is -0.326 e. The van der Waals surface area contributed by atoms with Crippen molar-refractivity contribution in [1.29, 1.82) is 0 Å². The monoisotopic (exact) mass is 493 g/mol. The van der Waals surface area contributed by atoms with Gasteiger partial charge in [-0.25, -0.2) is 8.78 Å². The Morgan fingerprint density at radius 3 is 2.32 bits per heavy atom. The summed E-state index contributed by atoms with van der Waals surface area (Å²) in [6.07, 6.45) is 3.41. The largest absolute Gasteiger partial charge is 0.326 e. The average molecular weight is 494 g/mol. The van der Waals surface area contributed by atoms with E-state index >= 15 is 0 Å². The molecular formula is C30H21F2N3O2. The molecule has 1 amide bonds. The van der Waals surface area contributed by atoms with Gasteiger partial charge in [0, 0.05) is 27.8 Å². The number of aromatic amines is 1. The summed E-state index contributed by atoms with van der Waals surface area (Å²) in [4.78, 5) is 25.5. The lowest BCUT2D eigenvalue weighted by Crippen LogP contribution is -2.16. The molecule has 0 aliphatic rings. The van der Waals surface area contributed by atoms with Crippen molar-refractivity contribution in [3.05, 3.63) is 131 Å². The molecule has 0 aliphatic heterocycles. The van der Waals surface area contributed by atoms with E-state index in [0.717, 1.165) is 34.3 Å². The lowest BCUT2D eigenvalue weighted by atomic mass is 10.0. The molecule has 0 radical (unpaired) electrons. The van der Waals surface area contributed by atoms with E-state index in [1.807, 2.05) is 48.6 Å². The Labute approximate surface area is 211 Å². The summed E-state index contributed by atoms with van der Waals surface area (Å²) >= 11 is 0. The fraction of sp³-hybridized carbons (Fsp3) is 0.0333. The van der Waals surface area contributed by atoms with E-state index in [2.05, 4.69) is 15.5 Å². The van der Waals surface area contributed by atoms with Crippen LogP contribution in [0.5, 0.6) is 0 Å². The number of H-pyrrole nitrogens is 1. The highest BCUT2D eigenvalue weighted by atomic mass is 19.1. The Morgan fingerprint density at radius 2 is 1.54 bits per heavy atom. The van der Waals surface area contributed by atoms with E-state index in [1.165, 1.54) is 12.1 Å². The van der Waals surface area contributed by atoms with Gasteiger partial charge in [-0.1, -0.05) is 60.7 Å². The van der Waals surface area contributed by atoms with Crippen LogP contribution in [-0.4, -0.2) is 21.9 Å². The van der Waals surface area contributed by atoms with E-state index in [1.54, 1.807) is 30.3 Å². The Morgan fingerprint density at radius 1 is 0.811 bits per heavy atom. The van der Waals surface area contributed by atoms with Crippen molar-refractivity contribution >= 4 is 40.4 Å². The molecule has 4 aromatic carbocycles. The molecule has 7 heteroatoms. The fourth-order valence-electron chi connectivity index (χ4n) is 4.02. The molecule has 0 fully saturated rings. The molecule has 2 N–H and O–H groups in total. The summed E-state index contributed by atoms with van der Waals surface area (Å²) in [5.74, 6) is -2.41. The first-order valence-electron chi connectivity index (χ1n) is 11.6. The topological polar surface area (TPSA) is 74.8 Å². The van der Waals surface area contributed by atoms with Crippen LogP contribution < -0.4 is 5.32 Å².